The fourth-order valence-electron chi connectivity index (χ4n) is 17.4. The summed E-state index contributed by atoms with van der Waals surface area (Å²) in [6, 6.07) is 0. The van der Waals surface area contributed by atoms with Crippen LogP contribution < -0.4 is 0 Å². The molecule has 5 saturated heterocycles. The second-order valence-electron chi connectivity index (χ2n) is 28.3. The Labute approximate surface area is 499 Å². The van der Waals surface area contributed by atoms with E-state index in [9.17, 15) is 81.4 Å². The van der Waals surface area contributed by atoms with Crippen molar-refractivity contribution in [1.29, 1.82) is 0 Å². The molecule has 9 fully saturated rings. The van der Waals surface area contributed by atoms with Crippen molar-refractivity contribution in [2.75, 3.05) is 26.4 Å². The molecule has 0 aromatic carbocycles. The molecule has 5 aliphatic heterocycles. The first-order valence-electron chi connectivity index (χ1n) is 30.6. The van der Waals surface area contributed by atoms with Crippen LogP contribution in [-0.4, -0.2) is 269 Å². The van der Waals surface area contributed by atoms with Crippen molar-refractivity contribution < 1.29 is 134 Å². The summed E-state index contributed by atoms with van der Waals surface area (Å²) in [4.78, 5) is 29.4. The minimum absolute atomic E-state index is 0.0390. The van der Waals surface area contributed by atoms with Crippen LogP contribution in [0.15, 0.2) is 11.6 Å². The van der Waals surface area contributed by atoms with Gasteiger partial charge in [-0.3, -0.25) is 4.79 Å². The van der Waals surface area contributed by atoms with Crippen LogP contribution in [0.1, 0.15) is 113 Å². The lowest BCUT2D eigenvalue weighted by Gasteiger charge is -2.71. The third kappa shape index (κ3) is 11.1. The van der Waals surface area contributed by atoms with Gasteiger partial charge in [0.2, 0.25) is 6.29 Å². The van der Waals surface area contributed by atoms with Gasteiger partial charge in [-0.05, 0) is 111 Å². The van der Waals surface area contributed by atoms with Crippen LogP contribution in [0, 0.1) is 50.2 Å². The minimum Gasteiger partial charge on any atom is -0.432 e. The number of hydrogen-bond acceptors (Lipinski definition) is 27. The number of ether oxygens (including phenoxy) is 10. The molecule has 10 rings (SSSR count). The third-order valence-corrected chi connectivity index (χ3v) is 23.1. The van der Waals surface area contributed by atoms with Gasteiger partial charge in [0.15, 0.2) is 31.3 Å². The Bertz CT molecular complexity index is 2420. The number of carbonyl (C=O) groups excluding carboxylic acids is 2. The number of allylic oxidation sites excluding steroid dienone is 2. The summed E-state index contributed by atoms with van der Waals surface area (Å²) in [6.45, 7) is 11.7. The Morgan fingerprint density at radius 2 is 1.14 bits per heavy atom. The number of aliphatic hydroxyl groups is 15. The van der Waals surface area contributed by atoms with Crippen molar-refractivity contribution in [3.8, 4) is 0 Å². The first-order chi connectivity index (χ1) is 40.4. The van der Waals surface area contributed by atoms with Gasteiger partial charge in [-0.25, -0.2) is 0 Å². The summed E-state index contributed by atoms with van der Waals surface area (Å²) in [5, 5.41) is 162. The summed E-state index contributed by atoms with van der Waals surface area (Å²) in [6.07, 6.45) is -32.6. The van der Waals surface area contributed by atoms with E-state index in [1.165, 1.54) is 6.92 Å². The number of aliphatic hydroxyl groups excluding tert-OH is 15. The van der Waals surface area contributed by atoms with Crippen LogP contribution in [0.3, 0.4) is 0 Å². The first kappa shape index (κ1) is 66.8. The van der Waals surface area contributed by atoms with Crippen molar-refractivity contribution >= 4 is 12.3 Å². The van der Waals surface area contributed by atoms with Crippen molar-refractivity contribution in [3.63, 3.8) is 0 Å². The fourth-order valence-corrected chi connectivity index (χ4v) is 17.4. The topological polar surface area (TPSA) is 430 Å². The predicted molar refractivity (Wildman–Crippen MR) is 288 cm³/mol. The Kier molecular flexibility index (Phi) is 19.2. The molecule has 0 aromatic heterocycles. The molecular weight excluding hydrogens is 1140 g/mol. The van der Waals surface area contributed by atoms with E-state index < -0.39 is 214 Å². The standard InChI is InChI=1S/C59H94O27/c1-24-34(64)39(69)44(74)49(79-24)84-46-35(65)27(63)21-77-51(46)85-47-42(72)38(68)30(22-78-48-43(73)40(70)36(66)28(19-60)80-48)82-52(47)86-53(76)59-16-14-54(2,3)18-26(59)25-8-9-32-55(4)12-11-33(83-50-45(75)41(71)37(67)29(20-61)81-50)56(5,23-62)31(55)10-13-58(32,7)57(25,6)15-17-59/h8,23-24,26-52,60-61,63-75H,9-22H2,1-7H3/t24-,26-,27-,28+,29+,30+,31+,32+,33-,34-,35-,36+,37+,38+,39+,40-,41-,42-,43+,44+,45+,46+,47+,48+,49-,50-,51-,52-,55-,56-,57+,58+,59-/m0/s1. The molecule has 0 spiro atoms. The molecule has 33 atom stereocenters. The van der Waals surface area contributed by atoms with Crippen LogP contribution in [-0.2, 0) is 57.0 Å². The molecule has 0 radical (unpaired) electrons. The van der Waals surface area contributed by atoms with E-state index in [-0.39, 0.29) is 22.7 Å². The van der Waals surface area contributed by atoms with Gasteiger partial charge in [0.05, 0.1) is 49.5 Å². The summed E-state index contributed by atoms with van der Waals surface area (Å²) in [5.41, 5.74) is -2.73. The molecule has 0 aromatic rings. The van der Waals surface area contributed by atoms with Gasteiger partial charge < -0.3 is 129 Å². The molecule has 86 heavy (non-hydrogen) atoms. The average Bonchev–Trinajstić information content (AvgIpc) is 0.679. The molecule has 5 heterocycles. The molecule has 15 N–H and O–H groups in total. The minimum atomic E-state index is -2.05. The van der Waals surface area contributed by atoms with Gasteiger partial charge >= 0.3 is 5.97 Å². The number of hydrogen-bond donors (Lipinski definition) is 15. The summed E-state index contributed by atoms with van der Waals surface area (Å²) in [5.74, 6) is -1.27. The lowest BCUT2D eigenvalue weighted by atomic mass is 9.33. The normalized spacial score (nSPS) is 54.7. The fraction of sp³-hybridized carbons (Fsp3) is 0.932. The molecule has 27 heteroatoms. The van der Waals surface area contributed by atoms with Gasteiger partial charge in [0.25, 0.3) is 0 Å². The van der Waals surface area contributed by atoms with E-state index in [1.807, 2.05) is 6.92 Å². The predicted octanol–water partition coefficient (Wildman–Crippen LogP) is -3.37. The zero-order chi connectivity index (χ0) is 62.7. The van der Waals surface area contributed by atoms with E-state index in [0.29, 0.717) is 64.2 Å². The maximum absolute atomic E-state index is 15.8. The average molecular weight is 1240 g/mol. The smallest absolute Gasteiger partial charge is 0.315 e. The number of fused-ring (bicyclic) bond motifs is 7. The molecule has 4 saturated carbocycles. The molecule has 10 aliphatic rings. The zero-order valence-electron chi connectivity index (χ0n) is 49.8. The maximum Gasteiger partial charge on any atom is 0.315 e. The second-order valence-corrected chi connectivity index (χ2v) is 28.3. The Hall–Kier alpha value is -2.08. The highest BCUT2D eigenvalue weighted by molar-refractivity contribution is 5.79. The van der Waals surface area contributed by atoms with Crippen LogP contribution in [0.25, 0.3) is 0 Å². The Balaban J connectivity index is 0.940. The van der Waals surface area contributed by atoms with E-state index in [1.54, 1.807) is 0 Å². The number of rotatable bonds is 14. The third-order valence-electron chi connectivity index (χ3n) is 23.1. The number of aldehydes is 1. The van der Waals surface area contributed by atoms with E-state index >= 15 is 4.79 Å². The van der Waals surface area contributed by atoms with Crippen molar-refractivity contribution in [2.45, 2.75) is 266 Å². The molecule has 27 nitrogen and oxygen atoms in total. The summed E-state index contributed by atoms with van der Waals surface area (Å²) < 4.78 is 60.1. The monoisotopic (exact) mass is 1230 g/mol. The highest BCUT2D eigenvalue weighted by Crippen LogP contribution is 2.76. The van der Waals surface area contributed by atoms with Crippen LogP contribution in [0.4, 0.5) is 0 Å². The van der Waals surface area contributed by atoms with E-state index in [4.69, 9.17) is 47.4 Å². The number of carbonyl (C=O) groups is 2. The largest absolute Gasteiger partial charge is 0.432 e. The first-order valence-corrected chi connectivity index (χ1v) is 30.6. The SMILES string of the molecule is C[C@@H]1O[C@@H](O[C@H]2[C@H](O[C@H]3[C@H](OC(=O)[C@]45CCC(C)(C)C[C@H]4C4=CC[C@@H]6[C@@]7(C)CC[C@H](O[C@@H]8O[C@H](CO)[C@@H](O)[C@H](O)[C@H]8O)[C@@](C)(C=O)[C@@H]7CC[C@@]6(C)[C@]4(C)CC5)O[C@H](CO[C@@H]4O[C@H](CO)[C@@H](O)[C@H](O)[C@H]4O)[C@@H](O)[C@@H]3O)OC[C@H](O)[C@@H]2O)[C@H](O)[C@H](O)[C@H]1O. The van der Waals surface area contributed by atoms with Gasteiger partial charge in [0, 0.05) is 0 Å². The van der Waals surface area contributed by atoms with Crippen molar-refractivity contribution in [3.05, 3.63) is 11.6 Å². The quantitative estimate of drug-likeness (QED) is 0.0349. The Morgan fingerprint density at radius 3 is 1.78 bits per heavy atom. The highest BCUT2D eigenvalue weighted by atomic mass is 16.8. The van der Waals surface area contributed by atoms with Gasteiger partial charge in [0.1, 0.15) is 110 Å². The summed E-state index contributed by atoms with van der Waals surface area (Å²) in [7, 11) is 0. The second kappa shape index (κ2) is 24.8. The van der Waals surface area contributed by atoms with E-state index in [2.05, 4.69) is 40.7 Å². The molecule has 0 bridgehead atoms. The van der Waals surface area contributed by atoms with Crippen LogP contribution in [0.2, 0.25) is 0 Å². The Morgan fingerprint density at radius 1 is 0.581 bits per heavy atom. The molecule has 0 unspecified atom stereocenters. The van der Waals surface area contributed by atoms with Crippen molar-refractivity contribution in [2.24, 2.45) is 50.2 Å². The highest BCUT2D eigenvalue weighted by Gasteiger charge is 2.71. The van der Waals surface area contributed by atoms with Crippen LogP contribution >= 0.6 is 0 Å². The maximum atomic E-state index is 15.8. The van der Waals surface area contributed by atoms with Crippen LogP contribution in [0.5, 0.6) is 0 Å². The molecule has 0 amide bonds. The summed E-state index contributed by atoms with van der Waals surface area (Å²) >= 11 is 0. The van der Waals surface area contributed by atoms with Gasteiger partial charge in [-0.2, -0.15) is 0 Å². The number of esters is 1. The van der Waals surface area contributed by atoms with Gasteiger partial charge in [-0.1, -0.05) is 53.2 Å². The van der Waals surface area contributed by atoms with Crippen molar-refractivity contribution in [1.82, 2.24) is 0 Å². The molecule has 492 valence electrons. The lowest BCUT2D eigenvalue weighted by Crippen LogP contribution is -2.67. The van der Waals surface area contributed by atoms with E-state index in [0.717, 1.165) is 11.9 Å². The lowest BCUT2D eigenvalue weighted by molar-refractivity contribution is -0.382. The van der Waals surface area contributed by atoms with Gasteiger partial charge in [-0.15, -0.1) is 0 Å². The molecule has 5 aliphatic carbocycles. The molecular formula is C59H94O27. The zero-order valence-corrected chi connectivity index (χ0v) is 49.8.